The van der Waals surface area contributed by atoms with E-state index in [1.165, 1.54) is 6.20 Å². The van der Waals surface area contributed by atoms with Crippen LogP contribution in [-0.4, -0.2) is 21.9 Å². The largest absolute Gasteiger partial charge is 0.481 e. The predicted octanol–water partition coefficient (Wildman–Crippen LogP) is 1.46. The van der Waals surface area contributed by atoms with E-state index in [4.69, 9.17) is 10.00 Å². The van der Waals surface area contributed by atoms with Crippen LogP contribution in [0, 0.1) is 18.3 Å². The van der Waals surface area contributed by atoms with Gasteiger partial charge in [0.1, 0.15) is 6.07 Å². The topological polar surface area (TPSA) is 63.7 Å². The van der Waals surface area contributed by atoms with E-state index in [1.54, 1.807) is 30.1 Å². The van der Waals surface area contributed by atoms with E-state index in [-0.39, 0.29) is 0 Å². The van der Waals surface area contributed by atoms with Crippen LogP contribution in [0.25, 0.3) is 5.82 Å². The molecule has 2 heterocycles. The molecule has 0 saturated heterocycles. The number of rotatable bonds is 2. The summed E-state index contributed by atoms with van der Waals surface area (Å²) < 4.78 is 6.71. The fourth-order valence-electron chi connectivity index (χ4n) is 1.39. The van der Waals surface area contributed by atoms with Crippen molar-refractivity contribution in [2.75, 3.05) is 7.11 Å². The molecule has 80 valence electrons. The summed E-state index contributed by atoms with van der Waals surface area (Å²) in [5.74, 6) is 1.25. The molecule has 0 atom stereocenters. The van der Waals surface area contributed by atoms with Crippen molar-refractivity contribution in [3.63, 3.8) is 0 Å². The highest BCUT2D eigenvalue weighted by Gasteiger charge is 2.07. The number of methoxy groups -OCH3 is 1. The number of aromatic nitrogens is 3. The van der Waals surface area contributed by atoms with Gasteiger partial charge in [0.15, 0.2) is 5.82 Å². The van der Waals surface area contributed by atoms with E-state index in [0.717, 1.165) is 5.56 Å². The van der Waals surface area contributed by atoms with Gasteiger partial charge in [0.25, 0.3) is 0 Å². The first kappa shape index (κ1) is 10.2. The van der Waals surface area contributed by atoms with Crippen LogP contribution in [0.1, 0.15) is 11.1 Å². The molecule has 0 aliphatic rings. The molecule has 0 unspecified atom stereocenters. The average Bonchev–Trinajstić information content (AvgIpc) is 2.77. The molecule has 0 spiro atoms. The molecule has 5 nitrogen and oxygen atoms in total. The molecular formula is C11H10N4O. The highest BCUT2D eigenvalue weighted by atomic mass is 16.5. The molecule has 0 aromatic carbocycles. The van der Waals surface area contributed by atoms with Gasteiger partial charge in [-0.2, -0.15) is 15.0 Å². The number of pyridine rings is 1. The monoisotopic (exact) mass is 214 g/mol. The van der Waals surface area contributed by atoms with Crippen molar-refractivity contribution in [3.8, 4) is 17.8 Å². The summed E-state index contributed by atoms with van der Waals surface area (Å²) in [7, 11) is 1.57. The van der Waals surface area contributed by atoms with E-state index in [0.29, 0.717) is 17.3 Å². The minimum atomic E-state index is 0.565. The molecule has 0 fully saturated rings. The Bertz CT molecular complexity index is 553. The summed E-state index contributed by atoms with van der Waals surface area (Å²) in [6, 6.07) is 5.62. The Hall–Kier alpha value is -2.35. The Kier molecular flexibility index (Phi) is 2.56. The first-order chi connectivity index (χ1) is 7.76. The van der Waals surface area contributed by atoms with Gasteiger partial charge in [-0.1, -0.05) is 0 Å². The molecule has 0 bridgehead atoms. The predicted molar refractivity (Wildman–Crippen MR) is 57.4 cm³/mol. The zero-order chi connectivity index (χ0) is 11.5. The van der Waals surface area contributed by atoms with Gasteiger partial charge in [-0.05, 0) is 18.6 Å². The number of hydrogen-bond acceptors (Lipinski definition) is 4. The normalized spacial score (nSPS) is 9.81. The number of nitriles is 1. The van der Waals surface area contributed by atoms with E-state index in [1.807, 2.05) is 6.92 Å². The second-order valence-corrected chi connectivity index (χ2v) is 3.25. The van der Waals surface area contributed by atoms with Crippen LogP contribution in [0.15, 0.2) is 24.5 Å². The van der Waals surface area contributed by atoms with Gasteiger partial charge in [0.2, 0.25) is 5.88 Å². The fraction of sp³-hybridized carbons (Fsp3) is 0.182. The third-order valence-corrected chi connectivity index (χ3v) is 2.25. The van der Waals surface area contributed by atoms with Crippen molar-refractivity contribution in [1.82, 2.24) is 14.8 Å². The van der Waals surface area contributed by atoms with Crippen molar-refractivity contribution in [2.45, 2.75) is 6.92 Å². The Balaban J connectivity index is 2.50. The molecule has 0 aliphatic carbocycles. The molecule has 2 rings (SSSR count). The van der Waals surface area contributed by atoms with Crippen LogP contribution in [0.5, 0.6) is 5.88 Å². The van der Waals surface area contributed by atoms with Gasteiger partial charge in [-0.15, -0.1) is 0 Å². The van der Waals surface area contributed by atoms with Crippen LogP contribution in [0.3, 0.4) is 0 Å². The molecule has 2 aromatic rings. The van der Waals surface area contributed by atoms with Gasteiger partial charge in [0, 0.05) is 12.3 Å². The maximum Gasteiger partial charge on any atom is 0.217 e. The summed E-state index contributed by atoms with van der Waals surface area (Å²) in [5.41, 5.74) is 1.43. The van der Waals surface area contributed by atoms with Crippen LogP contribution >= 0.6 is 0 Å². The molecule has 16 heavy (non-hydrogen) atoms. The summed E-state index contributed by atoms with van der Waals surface area (Å²) >= 11 is 0. The second-order valence-electron chi connectivity index (χ2n) is 3.25. The first-order valence-corrected chi connectivity index (χ1v) is 4.71. The minimum Gasteiger partial charge on any atom is -0.481 e. The quantitative estimate of drug-likeness (QED) is 0.759. The standard InChI is InChI=1S/C11H10N4O/c1-8-5-10(13-7-9(8)6-12)15-11(16-2)3-4-14-15/h3-5,7H,1-2H3. The van der Waals surface area contributed by atoms with Crippen molar-refractivity contribution in [1.29, 1.82) is 5.26 Å². The van der Waals surface area contributed by atoms with E-state index >= 15 is 0 Å². The molecule has 0 amide bonds. The third kappa shape index (κ3) is 1.61. The lowest BCUT2D eigenvalue weighted by molar-refractivity contribution is 0.382. The third-order valence-electron chi connectivity index (χ3n) is 2.25. The molecule has 0 saturated carbocycles. The first-order valence-electron chi connectivity index (χ1n) is 4.71. The second kappa shape index (κ2) is 4.03. The maximum atomic E-state index is 8.80. The Morgan fingerprint density at radius 1 is 1.50 bits per heavy atom. The van der Waals surface area contributed by atoms with Crippen LogP contribution in [0.4, 0.5) is 0 Å². The average molecular weight is 214 g/mol. The van der Waals surface area contributed by atoms with Crippen molar-refractivity contribution >= 4 is 0 Å². The van der Waals surface area contributed by atoms with E-state index in [2.05, 4.69) is 16.2 Å². The van der Waals surface area contributed by atoms with Crippen LogP contribution in [0.2, 0.25) is 0 Å². The summed E-state index contributed by atoms with van der Waals surface area (Å²) in [6.45, 7) is 1.86. The summed E-state index contributed by atoms with van der Waals surface area (Å²) in [6.07, 6.45) is 3.17. The molecule has 2 aromatic heterocycles. The molecule has 5 heteroatoms. The Morgan fingerprint density at radius 2 is 2.31 bits per heavy atom. The van der Waals surface area contributed by atoms with Gasteiger partial charge >= 0.3 is 0 Å². The molecular weight excluding hydrogens is 204 g/mol. The van der Waals surface area contributed by atoms with Crippen molar-refractivity contribution < 1.29 is 4.74 Å². The zero-order valence-electron chi connectivity index (χ0n) is 9.01. The van der Waals surface area contributed by atoms with Gasteiger partial charge in [-0.3, -0.25) is 0 Å². The van der Waals surface area contributed by atoms with Crippen molar-refractivity contribution in [3.05, 3.63) is 35.7 Å². The van der Waals surface area contributed by atoms with E-state index in [9.17, 15) is 0 Å². The van der Waals surface area contributed by atoms with Crippen LogP contribution in [-0.2, 0) is 0 Å². The zero-order valence-corrected chi connectivity index (χ0v) is 9.01. The number of aryl methyl sites for hydroxylation is 1. The number of hydrogen-bond donors (Lipinski definition) is 0. The van der Waals surface area contributed by atoms with Crippen LogP contribution < -0.4 is 4.74 Å². The molecule has 0 N–H and O–H groups in total. The number of ether oxygens (including phenoxy) is 1. The number of nitrogens with zero attached hydrogens (tertiary/aromatic N) is 4. The fourth-order valence-corrected chi connectivity index (χ4v) is 1.39. The maximum absolute atomic E-state index is 8.80. The summed E-state index contributed by atoms with van der Waals surface area (Å²) in [4.78, 5) is 4.16. The van der Waals surface area contributed by atoms with Crippen molar-refractivity contribution in [2.24, 2.45) is 0 Å². The Labute approximate surface area is 92.9 Å². The molecule has 0 radical (unpaired) electrons. The summed E-state index contributed by atoms with van der Waals surface area (Å²) in [5, 5.41) is 12.9. The minimum absolute atomic E-state index is 0.565. The smallest absolute Gasteiger partial charge is 0.217 e. The SMILES string of the molecule is COc1ccnn1-c1cc(C)c(C#N)cn1. The molecule has 0 aliphatic heterocycles. The lowest BCUT2D eigenvalue weighted by atomic mass is 10.2. The van der Waals surface area contributed by atoms with E-state index < -0.39 is 0 Å². The highest BCUT2D eigenvalue weighted by molar-refractivity contribution is 5.40. The lowest BCUT2D eigenvalue weighted by Gasteiger charge is -2.06. The van der Waals surface area contributed by atoms with Gasteiger partial charge in [-0.25, -0.2) is 4.98 Å². The lowest BCUT2D eigenvalue weighted by Crippen LogP contribution is -2.03. The highest BCUT2D eigenvalue weighted by Crippen LogP contribution is 2.16. The Morgan fingerprint density at radius 3 is 2.94 bits per heavy atom. The van der Waals surface area contributed by atoms with Gasteiger partial charge < -0.3 is 4.74 Å². The van der Waals surface area contributed by atoms with Gasteiger partial charge in [0.05, 0.1) is 18.9 Å².